The van der Waals surface area contributed by atoms with Crippen molar-refractivity contribution in [2.75, 3.05) is 45.7 Å². The Kier molecular flexibility index (Phi) is 49.2. The van der Waals surface area contributed by atoms with Crippen LogP contribution in [0.4, 0.5) is 0 Å². The van der Waals surface area contributed by atoms with E-state index in [1.807, 2.05) is 69.2 Å². The lowest BCUT2D eigenvalue weighted by atomic mass is 10.0. The maximum absolute atomic E-state index is 13.3. The maximum atomic E-state index is 13.3. The van der Waals surface area contributed by atoms with Crippen LogP contribution in [0.2, 0.25) is 0 Å². The van der Waals surface area contributed by atoms with Crippen molar-refractivity contribution in [1.29, 1.82) is 0 Å². The first-order valence-electron chi connectivity index (χ1n) is 28.0. The summed E-state index contributed by atoms with van der Waals surface area (Å²) >= 11 is 0. The van der Waals surface area contributed by atoms with Gasteiger partial charge >= 0.3 is 25.5 Å². The number of esters is 1. The number of carbonyl (C=O) groups is 6. The highest BCUT2D eigenvalue weighted by Gasteiger charge is 2.34. The molecule has 0 heterocycles. The monoisotopic (exact) mass is 1080 g/mol. The van der Waals surface area contributed by atoms with Gasteiger partial charge in [0.05, 0.1) is 43.1 Å². The molecule has 0 aliphatic carbocycles. The summed E-state index contributed by atoms with van der Waals surface area (Å²) in [4.78, 5) is 70.5. The number of amides is 3. The van der Waals surface area contributed by atoms with E-state index in [1.54, 1.807) is 34.6 Å². The zero-order valence-electron chi connectivity index (χ0n) is 49.3. The summed E-state index contributed by atoms with van der Waals surface area (Å²) in [5.41, 5.74) is 3.69. The molecule has 0 aromatic carbocycles. The zero-order chi connectivity index (χ0) is 57.7. The van der Waals surface area contributed by atoms with E-state index in [-0.39, 0.29) is 69.5 Å². The van der Waals surface area contributed by atoms with Crippen molar-refractivity contribution in [1.82, 2.24) is 16.0 Å². The minimum atomic E-state index is -3.14. The molecule has 18 nitrogen and oxygen atoms in total. The predicted molar refractivity (Wildman–Crippen MR) is 297 cm³/mol. The largest absolute Gasteiger partial charge is 0.481 e. The standard InChI is InChI=1S/C47H91N4O12P.C4H8O2.2C2H6/c1-45(2,3)61-44(57)39(29-30-40(52)50-32-33-59-34-35-60-37-42(54)49-31-25-24-27-38(48)43(55)56)51-41(53)28-23-21-19-17-15-13-11-10-12-14-16-18-20-22-26-36-64(58,62-46(4,5)6)63-47(7,8)9;1-3(2)4(5)6;2*1-2/h38-39H,10-37,48H2,1-9H3,(H,49,54)(H,50,52)(H,51,53)(H,55,56);3H,1-2H3,(H,5,6);2*1-2H3. The highest BCUT2D eigenvalue weighted by atomic mass is 31.2. The lowest BCUT2D eigenvalue weighted by Gasteiger charge is -2.32. The Labute approximate surface area is 449 Å². The van der Waals surface area contributed by atoms with E-state index in [1.165, 1.54) is 51.4 Å². The van der Waals surface area contributed by atoms with E-state index in [0.717, 1.165) is 44.9 Å². The molecule has 0 aliphatic rings. The van der Waals surface area contributed by atoms with Crippen LogP contribution in [0.25, 0.3) is 0 Å². The normalized spacial score (nSPS) is 12.4. The molecule has 0 saturated carbocycles. The number of aliphatic carboxylic acids is 2. The number of nitrogens with one attached hydrogen (secondary N) is 3. The van der Waals surface area contributed by atoms with Crippen molar-refractivity contribution in [2.45, 2.75) is 268 Å². The smallest absolute Gasteiger partial charge is 0.331 e. The molecule has 0 rings (SSSR count). The first-order chi connectivity index (χ1) is 34.6. The van der Waals surface area contributed by atoms with Gasteiger partial charge in [-0.1, -0.05) is 125 Å². The van der Waals surface area contributed by atoms with Gasteiger partial charge in [-0.25, -0.2) is 4.79 Å². The van der Waals surface area contributed by atoms with E-state index < -0.39 is 54.4 Å². The van der Waals surface area contributed by atoms with Gasteiger partial charge in [-0.2, -0.15) is 0 Å². The second-order valence-electron chi connectivity index (χ2n) is 21.3. The Morgan fingerprint density at radius 2 is 0.946 bits per heavy atom. The van der Waals surface area contributed by atoms with E-state index in [0.29, 0.717) is 38.4 Å². The van der Waals surface area contributed by atoms with Crippen LogP contribution in [0, 0.1) is 5.92 Å². The molecular formula is C55H111N4O14P. The molecule has 440 valence electrons. The molecule has 7 N–H and O–H groups in total. The number of rotatable bonds is 40. The van der Waals surface area contributed by atoms with Crippen LogP contribution in [0.1, 0.15) is 239 Å². The third-order valence-electron chi connectivity index (χ3n) is 10.1. The van der Waals surface area contributed by atoms with Gasteiger partial charge in [-0.05, 0) is 101 Å². The Balaban J connectivity index is -0.00000224. The van der Waals surface area contributed by atoms with E-state index in [4.69, 9.17) is 39.2 Å². The molecule has 0 bridgehead atoms. The summed E-state index contributed by atoms with van der Waals surface area (Å²) in [6.45, 7) is 29.2. The Hall–Kier alpha value is -3.15. The quantitative estimate of drug-likeness (QED) is 0.0189. The van der Waals surface area contributed by atoms with Crippen LogP contribution < -0.4 is 21.7 Å². The van der Waals surface area contributed by atoms with Crippen LogP contribution in [0.15, 0.2) is 0 Å². The first-order valence-corrected chi connectivity index (χ1v) is 29.7. The van der Waals surface area contributed by atoms with Crippen molar-refractivity contribution in [2.24, 2.45) is 11.7 Å². The van der Waals surface area contributed by atoms with Crippen LogP contribution >= 0.6 is 7.60 Å². The zero-order valence-corrected chi connectivity index (χ0v) is 50.2. The van der Waals surface area contributed by atoms with E-state index in [2.05, 4.69) is 16.0 Å². The van der Waals surface area contributed by atoms with Crippen molar-refractivity contribution in [3.05, 3.63) is 0 Å². The first kappa shape index (κ1) is 77.4. The van der Waals surface area contributed by atoms with E-state index >= 15 is 0 Å². The molecular weight excluding hydrogens is 972 g/mol. The highest BCUT2D eigenvalue weighted by Crippen LogP contribution is 2.55. The maximum Gasteiger partial charge on any atom is 0.331 e. The topological polar surface area (TPSA) is 268 Å². The fraction of sp³-hybridized carbons (Fsp3) is 0.891. The average molecular weight is 1080 g/mol. The van der Waals surface area contributed by atoms with Crippen molar-refractivity contribution in [3.8, 4) is 0 Å². The number of nitrogens with two attached hydrogens (primary N) is 1. The van der Waals surface area contributed by atoms with Gasteiger partial charge in [-0.15, -0.1) is 0 Å². The molecule has 19 heteroatoms. The number of hydrogen-bond donors (Lipinski definition) is 6. The van der Waals surface area contributed by atoms with Crippen LogP contribution in [0.3, 0.4) is 0 Å². The summed E-state index contributed by atoms with van der Waals surface area (Å²) in [5, 5.41) is 25.0. The fourth-order valence-corrected chi connectivity index (χ4v) is 9.12. The highest BCUT2D eigenvalue weighted by molar-refractivity contribution is 7.53. The summed E-state index contributed by atoms with van der Waals surface area (Å²) in [5.74, 6) is -3.38. The Morgan fingerprint density at radius 1 is 0.514 bits per heavy atom. The number of carbonyl (C=O) groups excluding carboxylic acids is 4. The van der Waals surface area contributed by atoms with Crippen LogP contribution in [-0.2, 0) is 56.6 Å². The molecule has 0 aromatic rings. The molecule has 0 radical (unpaired) electrons. The second-order valence-corrected chi connectivity index (χ2v) is 23.3. The number of carboxylic acid groups (broad SMARTS) is 2. The summed E-state index contributed by atoms with van der Waals surface area (Å²) < 4.78 is 41.4. The fourth-order valence-electron chi connectivity index (χ4n) is 6.62. The molecule has 0 saturated heterocycles. The van der Waals surface area contributed by atoms with E-state index in [9.17, 15) is 33.3 Å². The third-order valence-corrected chi connectivity index (χ3v) is 12.6. The third kappa shape index (κ3) is 56.6. The Morgan fingerprint density at radius 3 is 1.38 bits per heavy atom. The van der Waals surface area contributed by atoms with Crippen molar-refractivity contribution < 1.29 is 66.8 Å². The molecule has 0 aliphatic heterocycles. The lowest BCUT2D eigenvalue weighted by molar-refractivity contribution is -0.159. The predicted octanol–water partition coefficient (Wildman–Crippen LogP) is 11.3. The molecule has 2 unspecified atom stereocenters. The molecule has 74 heavy (non-hydrogen) atoms. The molecule has 0 spiro atoms. The van der Waals surface area contributed by atoms with Gasteiger partial charge in [0.25, 0.3) is 0 Å². The molecule has 0 aromatic heterocycles. The minimum absolute atomic E-state index is 0.0177. The summed E-state index contributed by atoms with van der Waals surface area (Å²) in [7, 11) is -3.14. The van der Waals surface area contributed by atoms with Crippen molar-refractivity contribution in [3.63, 3.8) is 0 Å². The van der Waals surface area contributed by atoms with Crippen molar-refractivity contribution >= 4 is 43.2 Å². The average Bonchev–Trinajstić information content (AvgIpc) is 3.29. The number of hydrogen-bond acceptors (Lipinski definition) is 13. The second kappa shape index (κ2) is 47.1. The van der Waals surface area contributed by atoms with Gasteiger partial charge in [0.1, 0.15) is 24.3 Å². The van der Waals surface area contributed by atoms with Crippen LogP contribution in [0.5, 0.6) is 0 Å². The van der Waals surface area contributed by atoms with Gasteiger partial charge < -0.3 is 55.2 Å². The number of carboxylic acids is 2. The van der Waals surface area contributed by atoms with Gasteiger partial charge in [0.15, 0.2) is 0 Å². The molecule has 2 atom stereocenters. The summed E-state index contributed by atoms with van der Waals surface area (Å²) in [6, 6.07) is -1.83. The Bertz CT molecular complexity index is 1480. The SMILES string of the molecule is CC.CC.CC(C)(C)OC(=O)C(CCC(=O)NCCOCCOCC(=O)NCCCCC(N)C(=O)O)NC(=O)CCCCCCCCCCCCCCCCCP(=O)(OC(C)(C)C)OC(C)(C)C.CC(C)C(=O)O. The lowest BCUT2D eigenvalue weighted by Crippen LogP contribution is -2.44. The van der Waals surface area contributed by atoms with Gasteiger partial charge in [0, 0.05) is 25.9 Å². The number of ether oxygens (including phenoxy) is 3. The van der Waals surface area contributed by atoms with Gasteiger partial charge in [0.2, 0.25) is 17.7 Å². The number of unbranched alkanes of at least 4 members (excludes halogenated alkanes) is 15. The van der Waals surface area contributed by atoms with Crippen LogP contribution in [-0.4, -0.2) is 120 Å². The summed E-state index contributed by atoms with van der Waals surface area (Å²) in [6.07, 6.45) is 19.2. The van der Waals surface area contributed by atoms with Gasteiger partial charge in [-0.3, -0.25) is 28.5 Å². The minimum Gasteiger partial charge on any atom is -0.481 e. The molecule has 3 amide bonds. The molecule has 0 fully saturated rings.